The summed E-state index contributed by atoms with van der Waals surface area (Å²) in [5.74, 6) is 0.684. The van der Waals surface area contributed by atoms with Crippen LogP contribution in [0.1, 0.15) is 19.3 Å². The minimum atomic E-state index is -3.05. The van der Waals surface area contributed by atoms with Crippen molar-refractivity contribution in [3.05, 3.63) is 0 Å². The third kappa shape index (κ3) is 2.10. The fraction of sp³-hybridized carbons (Fsp3) is 1.00. The van der Waals surface area contributed by atoms with Gasteiger partial charge in [0.15, 0.2) is 0 Å². The first-order chi connectivity index (χ1) is 6.46. The third-order valence-electron chi connectivity index (χ3n) is 3.40. The number of nitrogens with zero attached hydrogens (tertiary/aromatic N) is 1. The van der Waals surface area contributed by atoms with Gasteiger partial charge in [0.25, 0.3) is 0 Å². The molecule has 3 atom stereocenters. The third-order valence-corrected chi connectivity index (χ3v) is 4.13. The quantitative estimate of drug-likeness (QED) is 0.711. The number of likely N-dealkylation sites (N-methyl/N-ethyl adjacent to an activating group) is 1. The van der Waals surface area contributed by atoms with Gasteiger partial charge < -0.3 is 4.90 Å². The van der Waals surface area contributed by atoms with E-state index in [2.05, 4.69) is 16.7 Å². The van der Waals surface area contributed by atoms with E-state index < -0.39 is 10.0 Å². The molecule has 2 bridgehead atoms. The van der Waals surface area contributed by atoms with Crippen molar-refractivity contribution in [3.63, 3.8) is 0 Å². The number of hydrogen-bond donors (Lipinski definition) is 1. The molecular formula is C9H18N2O2S. The van der Waals surface area contributed by atoms with E-state index in [1.807, 2.05) is 0 Å². The maximum atomic E-state index is 11.2. The molecule has 2 saturated heterocycles. The molecule has 1 aliphatic carbocycles. The zero-order chi connectivity index (χ0) is 10.3. The predicted octanol–water partition coefficient (Wildman–Crippen LogP) is 0.0183. The molecule has 0 aromatic rings. The van der Waals surface area contributed by atoms with Crippen molar-refractivity contribution in [2.45, 2.75) is 31.3 Å². The number of hydrogen-bond acceptors (Lipinski definition) is 3. The Hall–Kier alpha value is -0.130. The van der Waals surface area contributed by atoms with Crippen LogP contribution in [-0.2, 0) is 10.0 Å². The summed E-state index contributed by atoms with van der Waals surface area (Å²) in [5, 5.41) is 0. The summed E-state index contributed by atoms with van der Waals surface area (Å²) >= 11 is 0. The highest BCUT2D eigenvalue weighted by atomic mass is 32.2. The molecule has 3 aliphatic rings. The van der Waals surface area contributed by atoms with E-state index >= 15 is 0 Å². The van der Waals surface area contributed by atoms with Gasteiger partial charge in [-0.1, -0.05) is 0 Å². The second kappa shape index (κ2) is 3.47. The van der Waals surface area contributed by atoms with Gasteiger partial charge in [-0.2, -0.15) is 0 Å². The molecule has 4 nitrogen and oxygen atoms in total. The van der Waals surface area contributed by atoms with Crippen molar-refractivity contribution < 1.29 is 8.42 Å². The number of nitrogens with one attached hydrogen (secondary N) is 1. The molecule has 0 aromatic carbocycles. The lowest BCUT2D eigenvalue weighted by Gasteiger charge is -2.48. The normalized spacial score (nSPS) is 38.9. The van der Waals surface area contributed by atoms with E-state index in [0.29, 0.717) is 12.0 Å². The van der Waals surface area contributed by atoms with Crippen LogP contribution in [0.3, 0.4) is 0 Å². The van der Waals surface area contributed by atoms with Crippen molar-refractivity contribution in [1.29, 1.82) is 0 Å². The molecule has 3 fully saturated rings. The van der Waals surface area contributed by atoms with Crippen LogP contribution in [0.5, 0.6) is 0 Å². The highest BCUT2D eigenvalue weighted by Crippen LogP contribution is 2.34. The Labute approximate surface area is 85.7 Å². The lowest BCUT2D eigenvalue weighted by atomic mass is 9.77. The Kier molecular flexibility index (Phi) is 2.57. The molecule has 2 aliphatic heterocycles. The van der Waals surface area contributed by atoms with Crippen molar-refractivity contribution >= 4 is 10.0 Å². The molecule has 0 spiro atoms. The van der Waals surface area contributed by atoms with Crippen molar-refractivity contribution in [2.75, 3.05) is 19.8 Å². The fourth-order valence-electron chi connectivity index (χ4n) is 2.88. The van der Waals surface area contributed by atoms with Crippen LogP contribution in [0.15, 0.2) is 0 Å². The van der Waals surface area contributed by atoms with Gasteiger partial charge in [-0.05, 0) is 32.2 Å². The summed E-state index contributed by atoms with van der Waals surface area (Å²) in [6.45, 7) is 1.13. The summed E-state index contributed by atoms with van der Waals surface area (Å²) in [6.07, 6.45) is 4.66. The number of fused-ring (bicyclic) bond motifs is 3. The average molecular weight is 218 g/mol. The number of piperidine rings is 2. The zero-order valence-corrected chi connectivity index (χ0v) is 9.55. The summed E-state index contributed by atoms with van der Waals surface area (Å²) in [7, 11) is -0.956. The fourth-order valence-corrected chi connectivity index (χ4v) is 3.68. The predicted molar refractivity (Wildman–Crippen MR) is 55.5 cm³/mol. The zero-order valence-electron chi connectivity index (χ0n) is 8.73. The highest BCUT2D eigenvalue weighted by Gasteiger charge is 2.39. The largest absolute Gasteiger partial charge is 0.302 e. The van der Waals surface area contributed by atoms with Gasteiger partial charge in [0, 0.05) is 18.6 Å². The van der Waals surface area contributed by atoms with Crippen LogP contribution in [0.25, 0.3) is 0 Å². The van der Waals surface area contributed by atoms with Crippen LogP contribution in [0.2, 0.25) is 0 Å². The first kappa shape index (κ1) is 10.4. The van der Waals surface area contributed by atoms with Gasteiger partial charge >= 0.3 is 0 Å². The second-order valence-corrected chi connectivity index (χ2v) is 6.46. The van der Waals surface area contributed by atoms with Crippen LogP contribution >= 0.6 is 0 Å². The van der Waals surface area contributed by atoms with Crippen LogP contribution in [0, 0.1) is 5.92 Å². The van der Waals surface area contributed by atoms with Gasteiger partial charge in [0.2, 0.25) is 10.0 Å². The summed E-state index contributed by atoms with van der Waals surface area (Å²) in [5.41, 5.74) is 0. The molecule has 3 rings (SSSR count). The molecule has 0 aromatic heterocycles. The van der Waals surface area contributed by atoms with Crippen molar-refractivity contribution in [1.82, 2.24) is 9.62 Å². The number of rotatable bonds is 2. The minimum Gasteiger partial charge on any atom is -0.302 e. The highest BCUT2D eigenvalue weighted by molar-refractivity contribution is 7.88. The molecule has 0 amide bonds. The van der Waals surface area contributed by atoms with Crippen molar-refractivity contribution in [2.24, 2.45) is 5.92 Å². The van der Waals surface area contributed by atoms with Crippen molar-refractivity contribution in [3.8, 4) is 0 Å². The van der Waals surface area contributed by atoms with E-state index in [9.17, 15) is 8.42 Å². The molecule has 1 N–H and O–H groups in total. The van der Waals surface area contributed by atoms with E-state index in [-0.39, 0.29) is 6.04 Å². The Morgan fingerprint density at radius 2 is 2.07 bits per heavy atom. The first-order valence-electron chi connectivity index (χ1n) is 5.13. The Balaban J connectivity index is 2.07. The lowest BCUT2D eigenvalue weighted by molar-refractivity contribution is 0.0484. The lowest BCUT2D eigenvalue weighted by Crippen LogP contribution is -2.59. The molecular weight excluding hydrogens is 200 g/mol. The second-order valence-electron chi connectivity index (χ2n) is 4.68. The Morgan fingerprint density at radius 3 is 2.57 bits per heavy atom. The smallest absolute Gasteiger partial charge is 0.209 e. The monoisotopic (exact) mass is 218 g/mol. The molecule has 14 heavy (non-hydrogen) atoms. The van der Waals surface area contributed by atoms with Gasteiger partial charge in [-0.25, -0.2) is 13.1 Å². The first-order valence-corrected chi connectivity index (χ1v) is 7.02. The standard InChI is InChI=1S/C9H18N2O2S/c1-11-6-7-3-4-9(11)8(5-7)10-14(2,12)13/h7-10H,3-6H2,1-2H3. The Bertz CT molecular complexity index is 315. The van der Waals surface area contributed by atoms with Gasteiger partial charge in [-0.15, -0.1) is 0 Å². The summed E-state index contributed by atoms with van der Waals surface area (Å²) in [6, 6.07) is 0.553. The maximum absolute atomic E-state index is 11.2. The maximum Gasteiger partial charge on any atom is 0.209 e. The van der Waals surface area contributed by atoms with E-state index in [1.165, 1.54) is 12.7 Å². The average Bonchev–Trinajstić information content (AvgIpc) is 2.00. The van der Waals surface area contributed by atoms with Crippen LogP contribution < -0.4 is 4.72 Å². The van der Waals surface area contributed by atoms with E-state index in [4.69, 9.17) is 0 Å². The topological polar surface area (TPSA) is 49.4 Å². The van der Waals surface area contributed by atoms with Crippen LogP contribution in [0.4, 0.5) is 0 Å². The van der Waals surface area contributed by atoms with E-state index in [0.717, 1.165) is 19.4 Å². The van der Waals surface area contributed by atoms with Gasteiger partial charge in [0.05, 0.1) is 6.26 Å². The molecule has 2 heterocycles. The van der Waals surface area contributed by atoms with Gasteiger partial charge in [-0.3, -0.25) is 0 Å². The molecule has 82 valence electrons. The Morgan fingerprint density at radius 1 is 1.36 bits per heavy atom. The van der Waals surface area contributed by atoms with Crippen LogP contribution in [-0.4, -0.2) is 45.2 Å². The molecule has 5 heteroatoms. The summed E-state index contributed by atoms with van der Waals surface area (Å²) < 4.78 is 25.1. The minimum absolute atomic E-state index is 0.141. The summed E-state index contributed by atoms with van der Waals surface area (Å²) in [4.78, 5) is 2.29. The van der Waals surface area contributed by atoms with Gasteiger partial charge in [0.1, 0.15) is 0 Å². The SMILES string of the molecule is CN1CC2CCC1C(NS(C)(=O)=O)C2. The molecule has 3 unspecified atom stereocenters. The molecule has 0 radical (unpaired) electrons. The number of sulfonamides is 1. The van der Waals surface area contributed by atoms with E-state index in [1.54, 1.807) is 0 Å². The molecule has 1 saturated carbocycles.